The van der Waals surface area contributed by atoms with E-state index in [1.807, 2.05) is 36.4 Å². The van der Waals surface area contributed by atoms with Crippen LogP contribution in [0.4, 0.5) is 5.69 Å². The smallest absolute Gasteiger partial charge is 0.122 e. The first kappa shape index (κ1) is 12.8. The van der Waals surface area contributed by atoms with Crippen molar-refractivity contribution in [3.63, 3.8) is 0 Å². The molecule has 2 N–H and O–H groups in total. The molecule has 100 valence electrons. The number of hydrogen-bond acceptors (Lipinski definition) is 3. The standard InChI is InChI=1S/C16H13ClN2O/c17-13-5-3-12(15(18)8-13)10-20-14-6-4-11-2-1-7-19-16(11)9-14/h1-9H,10,18H2. The Bertz CT molecular complexity index is 758. The summed E-state index contributed by atoms with van der Waals surface area (Å²) in [7, 11) is 0. The number of fused-ring (bicyclic) bond motifs is 1. The van der Waals surface area contributed by atoms with Gasteiger partial charge in [0.15, 0.2) is 0 Å². The minimum Gasteiger partial charge on any atom is -0.489 e. The lowest BCUT2D eigenvalue weighted by Gasteiger charge is -2.09. The predicted octanol–water partition coefficient (Wildman–Crippen LogP) is 4.05. The Balaban J connectivity index is 1.79. The van der Waals surface area contributed by atoms with Crippen LogP contribution in [0.25, 0.3) is 10.9 Å². The molecule has 3 rings (SSSR count). The molecular formula is C16H13ClN2O. The molecule has 3 nitrogen and oxygen atoms in total. The lowest BCUT2D eigenvalue weighted by atomic mass is 10.2. The van der Waals surface area contributed by atoms with Crippen LogP contribution in [0.3, 0.4) is 0 Å². The van der Waals surface area contributed by atoms with Crippen LogP contribution in [0.15, 0.2) is 54.7 Å². The number of aromatic nitrogens is 1. The van der Waals surface area contributed by atoms with Gasteiger partial charge in [0.2, 0.25) is 0 Å². The highest BCUT2D eigenvalue weighted by Crippen LogP contribution is 2.22. The molecule has 0 amide bonds. The Labute approximate surface area is 122 Å². The molecule has 3 aromatic rings. The van der Waals surface area contributed by atoms with Gasteiger partial charge in [0.25, 0.3) is 0 Å². The topological polar surface area (TPSA) is 48.1 Å². The summed E-state index contributed by atoms with van der Waals surface area (Å²) >= 11 is 5.87. The number of ether oxygens (including phenoxy) is 1. The molecule has 0 unspecified atom stereocenters. The van der Waals surface area contributed by atoms with Crippen molar-refractivity contribution >= 4 is 28.2 Å². The van der Waals surface area contributed by atoms with Gasteiger partial charge in [0, 0.05) is 33.9 Å². The molecule has 0 fully saturated rings. The van der Waals surface area contributed by atoms with Gasteiger partial charge in [-0.15, -0.1) is 0 Å². The largest absolute Gasteiger partial charge is 0.489 e. The van der Waals surface area contributed by atoms with Crippen molar-refractivity contribution in [3.05, 3.63) is 65.3 Å². The second-order valence-corrected chi connectivity index (χ2v) is 4.93. The summed E-state index contributed by atoms with van der Waals surface area (Å²) in [5.74, 6) is 0.769. The summed E-state index contributed by atoms with van der Waals surface area (Å²) in [6.07, 6.45) is 1.77. The van der Waals surface area contributed by atoms with E-state index in [4.69, 9.17) is 22.1 Å². The van der Waals surface area contributed by atoms with Gasteiger partial charge in [0.05, 0.1) is 5.52 Å². The van der Waals surface area contributed by atoms with Gasteiger partial charge in [-0.05, 0) is 30.3 Å². The van der Waals surface area contributed by atoms with Crippen molar-refractivity contribution in [2.24, 2.45) is 0 Å². The van der Waals surface area contributed by atoms with E-state index in [9.17, 15) is 0 Å². The lowest BCUT2D eigenvalue weighted by Crippen LogP contribution is -2.00. The molecule has 0 radical (unpaired) electrons. The van der Waals surface area contributed by atoms with Crippen LogP contribution < -0.4 is 10.5 Å². The first-order chi connectivity index (χ1) is 9.72. The van der Waals surface area contributed by atoms with Gasteiger partial charge in [-0.1, -0.05) is 23.7 Å². The molecule has 0 atom stereocenters. The Kier molecular flexibility index (Phi) is 3.44. The molecule has 0 bridgehead atoms. The molecule has 20 heavy (non-hydrogen) atoms. The highest BCUT2D eigenvalue weighted by Gasteiger charge is 2.02. The Morgan fingerprint density at radius 2 is 2.00 bits per heavy atom. The van der Waals surface area contributed by atoms with Gasteiger partial charge >= 0.3 is 0 Å². The number of nitrogens with two attached hydrogens (primary N) is 1. The molecule has 0 aliphatic heterocycles. The third-order valence-corrected chi connectivity index (χ3v) is 3.31. The van der Waals surface area contributed by atoms with Gasteiger partial charge < -0.3 is 10.5 Å². The molecule has 2 aromatic carbocycles. The Morgan fingerprint density at radius 1 is 1.10 bits per heavy atom. The van der Waals surface area contributed by atoms with Crippen molar-refractivity contribution in [2.75, 3.05) is 5.73 Å². The second-order valence-electron chi connectivity index (χ2n) is 4.49. The summed E-state index contributed by atoms with van der Waals surface area (Å²) in [5, 5.41) is 1.71. The summed E-state index contributed by atoms with van der Waals surface area (Å²) in [5.41, 5.74) is 8.36. The van der Waals surface area contributed by atoms with E-state index < -0.39 is 0 Å². The van der Waals surface area contributed by atoms with E-state index in [-0.39, 0.29) is 0 Å². The maximum Gasteiger partial charge on any atom is 0.122 e. The second kappa shape index (κ2) is 5.39. The highest BCUT2D eigenvalue weighted by molar-refractivity contribution is 6.30. The van der Waals surface area contributed by atoms with Gasteiger partial charge in [-0.3, -0.25) is 4.98 Å². The van der Waals surface area contributed by atoms with E-state index in [0.717, 1.165) is 22.2 Å². The van der Waals surface area contributed by atoms with E-state index >= 15 is 0 Å². The fourth-order valence-corrected chi connectivity index (χ4v) is 2.17. The normalized spacial score (nSPS) is 10.7. The third kappa shape index (κ3) is 2.68. The van der Waals surface area contributed by atoms with E-state index in [1.54, 1.807) is 18.3 Å². The number of anilines is 1. The van der Waals surface area contributed by atoms with Crippen molar-refractivity contribution in [2.45, 2.75) is 6.61 Å². The average Bonchev–Trinajstić information content (AvgIpc) is 2.46. The minimum atomic E-state index is 0.404. The predicted molar refractivity (Wildman–Crippen MR) is 81.9 cm³/mol. The summed E-state index contributed by atoms with van der Waals surface area (Å²) < 4.78 is 5.76. The molecule has 0 aliphatic carbocycles. The lowest BCUT2D eigenvalue weighted by molar-refractivity contribution is 0.307. The van der Waals surface area contributed by atoms with Crippen LogP contribution in [0.1, 0.15) is 5.56 Å². The zero-order chi connectivity index (χ0) is 13.9. The van der Waals surface area contributed by atoms with Crippen molar-refractivity contribution in [1.82, 2.24) is 4.98 Å². The molecule has 0 spiro atoms. The zero-order valence-corrected chi connectivity index (χ0v) is 11.5. The first-order valence-corrected chi connectivity index (χ1v) is 6.62. The van der Waals surface area contributed by atoms with Crippen LogP contribution in [0, 0.1) is 0 Å². The maximum atomic E-state index is 5.90. The van der Waals surface area contributed by atoms with E-state index in [2.05, 4.69) is 4.98 Å². The van der Waals surface area contributed by atoms with E-state index in [0.29, 0.717) is 17.3 Å². The van der Waals surface area contributed by atoms with Gasteiger partial charge in [-0.25, -0.2) is 0 Å². The average molecular weight is 285 g/mol. The van der Waals surface area contributed by atoms with E-state index in [1.165, 1.54) is 0 Å². The Morgan fingerprint density at radius 3 is 2.85 bits per heavy atom. The first-order valence-electron chi connectivity index (χ1n) is 6.24. The number of nitrogen functional groups attached to an aromatic ring is 1. The van der Waals surface area contributed by atoms with Crippen LogP contribution in [0.5, 0.6) is 5.75 Å². The molecular weight excluding hydrogens is 272 g/mol. The highest BCUT2D eigenvalue weighted by atomic mass is 35.5. The Hall–Kier alpha value is -2.26. The van der Waals surface area contributed by atoms with Gasteiger partial charge in [-0.2, -0.15) is 0 Å². The number of benzene rings is 2. The fourth-order valence-electron chi connectivity index (χ4n) is 1.99. The van der Waals surface area contributed by atoms with Crippen LogP contribution in [-0.4, -0.2) is 4.98 Å². The van der Waals surface area contributed by atoms with Crippen molar-refractivity contribution < 1.29 is 4.74 Å². The van der Waals surface area contributed by atoms with Crippen LogP contribution in [0.2, 0.25) is 5.02 Å². The summed E-state index contributed by atoms with van der Waals surface area (Å²) in [6, 6.07) is 15.2. The van der Waals surface area contributed by atoms with Crippen molar-refractivity contribution in [3.8, 4) is 5.75 Å². The molecule has 1 aromatic heterocycles. The SMILES string of the molecule is Nc1cc(Cl)ccc1COc1ccc2cccnc2c1. The van der Waals surface area contributed by atoms with Gasteiger partial charge in [0.1, 0.15) is 12.4 Å². The molecule has 1 heterocycles. The fraction of sp³-hybridized carbons (Fsp3) is 0.0625. The summed E-state index contributed by atoms with van der Waals surface area (Å²) in [6.45, 7) is 0.404. The molecule has 0 saturated heterocycles. The third-order valence-electron chi connectivity index (χ3n) is 3.08. The number of pyridine rings is 1. The van der Waals surface area contributed by atoms with Crippen LogP contribution >= 0.6 is 11.6 Å². The number of halogens is 1. The molecule has 0 aliphatic rings. The number of nitrogens with zero attached hydrogens (tertiary/aromatic N) is 1. The zero-order valence-electron chi connectivity index (χ0n) is 10.7. The maximum absolute atomic E-state index is 5.90. The molecule has 4 heteroatoms. The molecule has 0 saturated carbocycles. The minimum absolute atomic E-state index is 0.404. The van der Waals surface area contributed by atoms with Crippen molar-refractivity contribution in [1.29, 1.82) is 0 Å². The number of rotatable bonds is 3. The summed E-state index contributed by atoms with van der Waals surface area (Å²) in [4.78, 5) is 4.30. The number of hydrogen-bond donors (Lipinski definition) is 1. The monoisotopic (exact) mass is 284 g/mol. The van der Waals surface area contributed by atoms with Crippen LogP contribution in [-0.2, 0) is 6.61 Å². The quantitative estimate of drug-likeness (QED) is 0.738.